The Hall–Kier alpha value is -3.13. The number of carbonyl (C=O) groups is 1. The van der Waals surface area contributed by atoms with Gasteiger partial charge in [-0.15, -0.1) is 0 Å². The van der Waals surface area contributed by atoms with Crippen molar-refractivity contribution in [3.05, 3.63) is 70.8 Å². The summed E-state index contributed by atoms with van der Waals surface area (Å²) in [5, 5.41) is 12.4. The molecule has 3 aliphatic heterocycles. The molecule has 3 aliphatic rings. The molecule has 5 rings (SSSR count). The van der Waals surface area contributed by atoms with Crippen molar-refractivity contribution in [3.8, 4) is 6.19 Å². The van der Waals surface area contributed by atoms with Gasteiger partial charge in [0.25, 0.3) is 5.91 Å². The average Bonchev–Trinajstić information content (AvgIpc) is 3.40. The van der Waals surface area contributed by atoms with E-state index in [1.807, 2.05) is 41.3 Å². The molecule has 2 saturated heterocycles. The molecule has 2 aromatic carbocycles. The molecular weight excluding hydrogens is 336 g/mol. The number of rotatable bonds is 3. The summed E-state index contributed by atoms with van der Waals surface area (Å²) < 4.78 is 0. The molecule has 3 heterocycles. The Kier molecular flexibility index (Phi) is 3.71. The summed E-state index contributed by atoms with van der Waals surface area (Å²) in [5.41, 5.74) is 4.97. The number of fused-ring (bicyclic) bond motifs is 3. The largest absolute Gasteiger partial charge is 0.347 e. The molecule has 2 bridgehead atoms. The minimum absolute atomic E-state index is 0.0543. The number of hydrogen-bond acceptors (Lipinski definition) is 4. The van der Waals surface area contributed by atoms with Gasteiger partial charge in [0.1, 0.15) is 0 Å². The normalized spacial score (nSPS) is 25.1. The van der Waals surface area contributed by atoms with Gasteiger partial charge >= 0.3 is 0 Å². The van der Waals surface area contributed by atoms with Crippen LogP contribution in [-0.4, -0.2) is 34.6 Å². The van der Waals surface area contributed by atoms with Crippen LogP contribution in [0.1, 0.15) is 46.3 Å². The molecule has 2 aromatic rings. The fourth-order valence-electron chi connectivity index (χ4n) is 4.74. The maximum atomic E-state index is 12.8. The molecule has 1 amide bonds. The first-order chi connectivity index (χ1) is 13.2. The molecule has 1 N–H and O–H groups in total. The lowest BCUT2D eigenvalue weighted by molar-refractivity contribution is 0.0928. The van der Waals surface area contributed by atoms with Crippen LogP contribution in [-0.2, 0) is 6.54 Å². The molecule has 0 saturated carbocycles. The van der Waals surface area contributed by atoms with Crippen LogP contribution in [0.25, 0.3) is 0 Å². The number of aliphatic imine (C=N–C) groups is 1. The zero-order chi connectivity index (χ0) is 18.4. The summed E-state index contributed by atoms with van der Waals surface area (Å²) in [5.74, 6) is -0.0543. The van der Waals surface area contributed by atoms with Gasteiger partial charge < -0.3 is 10.2 Å². The number of benzene rings is 2. The van der Waals surface area contributed by atoms with E-state index >= 15 is 0 Å². The number of nitriles is 1. The van der Waals surface area contributed by atoms with E-state index in [1.165, 1.54) is 0 Å². The lowest BCUT2D eigenvalue weighted by Gasteiger charge is -2.22. The maximum Gasteiger partial charge on any atom is 0.251 e. The van der Waals surface area contributed by atoms with Gasteiger partial charge in [0.05, 0.1) is 24.3 Å². The number of amides is 1. The van der Waals surface area contributed by atoms with Crippen LogP contribution in [0.4, 0.5) is 0 Å². The van der Waals surface area contributed by atoms with E-state index in [1.54, 1.807) is 0 Å². The van der Waals surface area contributed by atoms with E-state index in [2.05, 4.69) is 28.6 Å². The number of nitrogens with zero attached hydrogens (tertiary/aromatic N) is 3. The smallest absolute Gasteiger partial charge is 0.251 e. The Bertz CT molecular complexity index is 976. The predicted molar refractivity (Wildman–Crippen MR) is 102 cm³/mol. The molecule has 0 radical (unpaired) electrons. The fourth-order valence-corrected chi connectivity index (χ4v) is 4.74. The molecule has 0 aromatic heterocycles. The third-order valence-electron chi connectivity index (χ3n) is 6.05. The highest BCUT2D eigenvalue weighted by atomic mass is 16.1. The van der Waals surface area contributed by atoms with Gasteiger partial charge in [-0.2, -0.15) is 5.26 Å². The van der Waals surface area contributed by atoms with Crippen molar-refractivity contribution < 1.29 is 4.79 Å². The second-order valence-electron chi connectivity index (χ2n) is 7.52. The van der Waals surface area contributed by atoms with Gasteiger partial charge in [0.15, 0.2) is 6.19 Å². The SMILES string of the molecule is N#CN1[C@H]2CC[C@@H]1[C@H](NC(=O)c1ccc3c(c1)CN=C3c1ccccc1)C2. The second kappa shape index (κ2) is 6.24. The Labute approximate surface area is 158 Å². The van der Waals surface area contributed by atoms with Crippen molar-refractivity contribution >= 4 is 11.6 Å². The highest BCUT2D eigenvalue weighted by molar-refractivity contribution is 6.15. The van der Waals surface area contributed by atoms with E-state index in [0.29, 0.717) is 18.2 Å². The highest BCUT2D eigenvalue weighted by Crippen LogP contribution is 2.37. The summed E-state index contributed by atoms with van der Waals surface area (Å²) in [7, 11) is 0. The molecule has 0 spiro atoms. The molecule has 0 aliphatic carbocycles. The highest BCUT2D eigenvalue weighted by Gasteiger charge is 2.46. The monoisotopic (exact) mass is 356 g/mol. The van der Waals surface area contributed by atoms with Crippen LogP contribution in [0.3, 0.4) is 0 Å². The second-order valence-corrected chi connectivity index (χ2v) is 7.52. The van der Waals surface area contributed by atoms with Crippen LogP contribution < -0.4 is 5.32 Å². The van der Waals surface area contributed by atoms with Gasteiger partial charge in [-0.1, -0.05) is 36.4 Å². The molecular formula is C22H20N4O. The summed E-state index contributed by atoms with van der Waals surface area (Å²) in [6, 6.07) is 16.5. The third-order valence-corrected chi connectivity index (χ3v) is 6.05. The molecule has 27 heavy (non-hydrogen) atoms. The van der Waals surface area contributed by atoms with Crippen molar-refractivity contribution in [3.63, 3.8) is 0 Å². The Morgan fingerprint density at radius 3 is 2.81 bits per heavy atom. The van der Waals surface area contributed by atoms with Gasteiger partial charge in [0, 0.05) is 22.7 Å². The maximum absolute atomic E-state index is 12.8. The quantitative estimate of drug-likeness (QED) is 0.860. The van der Waals surface area contributed by atoms with Crippen LogP contribution in [0.15, 0.2) is 53.5 Å². The number of nitrogens with one attached hydrogen (secondary N) is 1. The topological polar surface area (TPSA) is 68.5 Å². The Morgan fingerprint density at radius 2 is 2.04 bits per heavy atom. The first-order valence-corrected chi connectivity index (χ1v) is 9.46. The standard InChI is InChI=1S/C22H20N4O/c23-13-26-17-7-9-20(26)19(11-17)25-22(27)15-6-8-18-16(10-15)12-24-21(18)14-4-2-1-3-5-14/h1-6,8,10,17,19-20H,7,9,11-12H2,(H,25,27)/t17-,19+,20+/m0/s1. The van der Waals surface area contributed by atoms with Gasteiger partial charge in [-0.05, 0) is 37.0 Å². The lowest BCUT2D eigenvalue weighted by atomic mass is 9.94. The minimum Gasteiger partial charge on any atom is -0.347 e. The molecule has 5 heteroatoms. The van der Waals surface area contributed by atoms with Crippen molar-refractivity contribution in [1.82, 2.24) is 10.2 Å². The average molecular weight is 356 g/mol. The van der Waals surface area contributed by atoms with Crippen LogP contribution in [0.5, 0.6) is 0 Å². The van der Waals surface area contributed by atoms with E-state index in [-0.39, 0.29) is 18.0 Å². The van der Waals surface area contributed by atoms with Gasteiger partial charge in [0.2, 0.25) is 0 Å². The van der Waals surface area contributed by atoms with Gasteiger partial charge in [-0.3, -0.25) is 9.79 Å². The molecule has 5 nitrogen and oxygen atoms in total. The molecule has 3 atom stereocenters. The van der Waals surface area contributed by atoms with Crippen molar-refractivity contribution in [1.29, 1.82) is 5.26 Å². The van der Waals surface area contributed by atoms with Crippen LogP contribution in [0.2, 0.25) is 0 Å². The molecule has 2 fully saturated rings. The van der Waals surface area contributed by atoms with Crippen molar-refractivity contribution in [2.45, 2.75) is 43.9 Å². The lowest BCUT2D eigenvalue weighted by Crippen LogP contribution is -2.43. The molecule has 0 unspecified atom stereocenters. The minimum atomic E-state index is -0.0543. The third kappa shape index (κ3) is 2.60. The summed E-state index contributed by atoms with van der Waals surface area (Å²) >= 11 is 0. The van der Waals surface area contributed by atoms with E-state index < -0.39 is 0 Å². The summed E-state index contributed by atoms with van der Waals surface area (Å²) in [4.78, 5) is 19.3. The molecule has 134 valence electrons. The first kappa shape index (κ1) is 16.1. The van der Waals surface area contributed by atoms with Crippen molar-refractivity contribution in [2.24, 2.45) is 4.99 Å². The van der Waals surface area contributed by atoms with Crippen LogP contribution in [0, 0.1) is 11.5 Å². The zero-order valence-electron chi connectivity index (χ0n) is 14.9. The van der Waals surface area contributed by atoms with Gasteiger partial charge in [-0.25, -0.2) is 0 Å². The Morgan fingerprint density at radius 1 is 1.19 bits per heavy atom. The zero-order valence-corrected chi connectivity index (χ0v) is 14.9. The predicted octanol–water partition coefficient (Wildman–Crippen LogP) is 2.85. The number of hydrogen-bond donors (Lipinski definition) is 1. The Balaban J connectivity index is 1.33. The van der Waals surface area contributed by atoms with E-state index in [4.69, 9.17) is 0 Å². The summed E-state index contributed by atoms with van der Waals surface area (Å²) in [6.07, 6.45) is 5.21. The fraction of sp³-hybridized carbons (Fsp3) is 0.318. The van der Waals surface area contributed by atoms with Crippen LogP contribution >= 0.6 is 0 Å². The van der Waals surface area contributed by atoms with E-state index in [9.17, 15) is 10.1 Å². The number of carbonyl (C=O) groups excluding carboxylic acids is 1. The van der Waals surface area contributed by atoms with Crippen molar-refractivity contribution in [2.75, 3.05) is 0 Å². The first-order valence-electron chi connectivity index (χ1n) is 9.46. The van der Waals surface area contributed by atoms with E-state index in [0.717, 1.165) is 41.7 Å². The summed E-state index contributed by atoms with van der Waals surface area (Å²) in [6.45, 7) is 0.608.